The van der Waals surface area contributed by atoms with Crippen molar-refractivity contribution >= 4 is 22.1 Å². The molecule has 0 radical (unpaired) electrons. The zero-order valence-corrected chi connectivity index (χ0v) is 10.2. The third-order valence-corrected chi connectivity index (χ3v) is 3.17. The maximum absolute atomic E-state index is 11.6. The molecule has 1 fully saturated rings. The summed E-state index contributed by atoms with van der Waals surface area (Å²) in [5.41, 5.74) is 0. The Morgan fingerprint density at radius 1 is 1.38 bits per heavy atom. The van der Waals surface area contributed by atoms with Crippen LogP contribution in [0.1, 0.15) is 13.8 Å². The van der Waals surface area contributed by atoms with Gasteiger partial charge in [-0.05, 0) is 13.8 Å². The highest BCUT2D eigenvalue weighted by atomic mass is 32.2. The molecule has 4 amide bonds. The SMILES string of the molecule is CC(C)NC(=O)N1CCN(S(C)(=O)=O)C1=O. The fraction of sp³-hybridized carbons (Fsp3) is 0.750. The Bertz CT molecular complexity index is 404. The standard InChI is InChI=1S/C8H15N3O4S/c1-6(2)9-7(12)10-4-5-11(8(10)13)16(3,14)15/h6H,4-5H2,1-3H3,(H,9,12). The third-order valence-electron chi connectivity index (χ3n) is 2.03. The highest BCUT2D eigenvalue weighted by Crippen LogP contribution is 2.12. The summed E-state index contributed by atoms with van der Waals surface area (Å²) in [5, 5.41) is 2.53. The molecule has 0 bridgehead atoms. The van der Waals surface area contributed by atoms with E-state index in [0.29, 0.717) is 4.31 Å². The zero-order valence-electron chi connectivity index (χ0n) is 9.43. The van der Waals surface area contributed by atoms with Gasteiger partial charge in [-0.25, -0.2) is 27.2 Å². The zero-order chi connectivity index (χ0) is 12.5. The van der Waals surface area contributed by atoms with Crippen LogP contribution in [0.2, 0.25) is 0 Å². The second kappa shape index (κ2) is 4.28. The number of urea groups is 2. The highest BCUT2D eigenvalue weighted by Gasteiger charge is 2.38. The van der Waals surface area contributed by atoms with E-state index in [1.807, 2.05) is 0 Å². The van der Waals surface area contributed by atoms with Crippen molar-refractivity contribution in [3.05, 3.63) is 0 Å². The van der Waals surface area contributed by atoms with Gasteiger partial charge < -0.3 is 5.32 Å². The van der Waals surface area contributed by atoms with Gasteiger partial charge in [0, 0.05) is 6.04 Å². The van der Waals surface area contributed by atoms with Crippen molar-refractivity contribution in [3.63, 3.8) is 0 Å². The molecular formula is C8H15N3O4S. The molecule has 0 aromatic heterocycles. The lowest BCUT2D eigenvalue weighted by Crippen LogP contribution is -2.45. The smallest absolute Gasteiger partial charge is 0.335 e. The molecule has 0 spiro atoms. The largest absolute Gasteiger partial charge is 0.341 e. The third kappa shape index (κ3) is 2.63. The first-order chi connectivity index (χ1) is 7.23. The lowest BCUT2D eigenvalue weighted by Gasteiger charge is -2.17. The van der Waals surface area contributed by atoms with Gasteiger partial charge in [0.1, 0.15) is 0 Å². The van der Waals surface area contributed by atoms with Crippen molar-refractivity contribution in [3.8, 4) is 0 Å². The van der Waals surface area contributed by atoms with Crippen LogP contribution in [0.5, 0.6) is 0 Å². The van der Waals surface area contributed by atoms with Gasteiger partial charge >= 0.3 is 12.1 Å². The summed E-state index contributed by atoms with van der Waals surface area (Å²) in [6.07, 6.45) is 0.939. The van der Waals surface area contributed by atoms with Crippen molar-refractivity contribution in [2.24, 2.45) is 0 Å². The molecule has 1 heterocycles. The van der Waals surface area contributed by atoms with E-state index in [9.17, 15) is 18.0 Å². The Kier molecular flexibility index (Phi) is 3.41. The summed E-state index contributed by atoms with van der Waals surface area (Å²) in [6, 6.07) is -1.46. The number of hydrogen-bond donors (Lipinski definition) is 1. The summed E-state index contributed by atoms with van der Waals surface area (Å²) < 4.78 is 23.0. The molecule has 0 saturated carbocycles. The number of amides is 4. The number of imide groups is 1. The second-order valence-corrected chi connectivity index (χ2v) is 5.78. The number of rotatable bonds is 2. The monoisotopic (exact) mass is 249 g/mol. The summed E-state index contributed by atoms with van der Waals surface area (Å²) in [6.45, 7) is 3.62. The minimum atomic E-state index is -3.58. The van der Waals surface area contributed by atoms with Crippen molar-refractivity contribution in [1.82, 2.24) is 14.5 Å². The average molecular weight is 249 g/mol. The van der Waals surface area contributed by atoms with E-state index in [-0.39, 0.29) is 19.1 Å². The van der Waals surface area contributed by atoms with Gasteiger partial charge in [-0.15, -0.1) is 0 Å². The predicted molar refractivity (Wildman–Crippen MR) is 57.3 cm³/mol. The molecular weight excluding hydrogens is 234 g/mol. The highest BCUT2D eigenvalue weighted by molar-refractivity contribution is 7.88. The Hall–Kier alpha value is -1.31. The van der Waals surface area contributed by atoms with Crippen LogP contribution in [0, 0.1) is 0 Å². The summed E-state index contributed by atoms with van der Waals surface area (Å²) in [5.74, 6) is 0. The Labute approximate surface area is 94.4 Å². The van der Waals surface area contributed by atoms with Gasteiger partial charge in [0.05, 0.1) is 19.3 Å². The minimum absolute atomic E-state index is 0.0170. The number of nitrogens with zero attached hydrogens (tertiary/aromatic N) is 2. The van der Waals surface area contributed by atoms with E-state index < -0.39 is 22.1 Å². The first-order valence-corrected chi connectivity index (χ1v) is 6.68. The van der Waals surface area contributed by atoms with Crippen LogP contribution < -0.4 is 5.32 Å². The second-order valence-electron chi connectivity index (χ2n) is 3.87. The van der Waals surface area contributed by atoms with Crippen LogP contribution in [0.4, 0.5) is 9.59 Å². The molecule has 0 aromatic carbocycles. The molecule has 1 N–H and O–H groups in total. The van der Waals surface area contributed by atoms with E-state index in [0.717, 1.165) is 11.2 Å². The molecule has 0 unspecified atom stereocenters. The normalized spacial score (nSPS) is 17.1. The minimum Gasteiger partial charge on any atom is -0.335 e. The molecule has 0 aliphatic carbocycles. The van der Waals surface area contributed by atoms with Gasteiger partial charge in [0.2, 0.25) is 10.0 Å². The molecule has 1 rings (SSSR count). The van der Waals surface area contributed by atoms with Crippen LogP contribution in [0.25, 0.3) is 0 Å². The molecule has 0 atom stereocenters. The number of carbonyl (C=O) groups is 2. The van der Waals surface area contributed by atoms with Crippen molar-refractivity contribution in [1.29, 1.82) is 0 Å². The van der Waals surface area contributed by atoms with E-state index in [1.54, 1.807) is 13.8 Å². The van der Waals surface area contributed by atoms with Crippen molar-refractivity contribution in [2.45, 2.75) is 19.9 Å². The maximum atomic E-state index is 11.6. The van der Waals surface area contributed by atoms with Gasteiger partial charge in [-0.1, -0.05) is 0 Å². The summed E-state index contributed by atoms with van der Waals surface area (Å²) in [4.78, 5) is 24.0. The fourth-order valence-corrected chi connectivity index (χ4v) is 2.13. The lowest BCUT2D eigenvalue weighted by molar-refractivity contribution is 0.192. The Morgan fingerprint density at radius 3 is 2.31 bits per heavy atom. The molecule has 1 aliphatic rings. The molecule has 16 heavy (non-hydrogen) atoms. The van der Waals surface area contributed by atoms with Crippen LogP contribution in [-0.4, -0.2) is 55.1 Å². The number of carbonyl (C=O) groups excluding carboxylic acids is 2. The van der Waals surface area contributed by atoms with Crippen LogP contribution >= 0.6 is 0 Å². The van der Waals surface area contributed by atoms with Gasteiger partial charge in [0.25, 0.3) is 0 Å². The quantitative estimate of drug-likeness (QED) is 0.734. The van der Waals surface area contributed by atoms with Crippen LogP contribution in [0.3, 0.4) is 0 Å². The lowest BCUT2D eigenvalue weighted by atomic mass is 10.4. The molecule has 1 aliphatic heterocycles. The molecule has 0 aromatic rings. The topological polar surface area (TPSA) is 86.8 Å². The average Bonchev–Trinajstić information content (AvgIpc) is 2.44. The number of nitrogens with one attached hydrogen (secondary N) is 1. The van der Waals surface area contributed by atoms with Crippen LogP contribution in [0.15, 0.2) is 0 Å². The Morgan fingerprint density at radius 2 is 1.94 bits per heavy atom. The molecule has 1 saturated heterocycles. The van der Waals surface area contributed by atoms with E-state index in [4.69, 9.17) is 0 Å². The van der Waals surface area contributed by atoms with Gasteiger partial charge in [-0.3, -0.25) is 0 Å². The first-order valence-electron chi connectivity index (χ1n) is 4.83. The van der Waals surface area contributed by atoms with Crippen LogP contribution in [-0.2, 0) is 10.0 Å². The fourth-order valence-electron chi connectivity index (χ4n) is 1.34. The summed E-state index contributed by atoms with van der Waals surface area (Å²) in [7, 11) is -3.58. The molecule has 92 valence electrons. The van der Waals surface area contributed by atoms with E-state index in [2.05, 4.69) is 5.32 Å². The van der Waals surface area contributed by atoms with Crippen molar-refractivity contribution < 1.29 is 18.0 Å². The predicted octanol–water partition coefficient (Wildman–Crippen LogP) is -0.198. The molecule has 8 heteroatoms. The van der Waals surface area contributed by atoms with E-state index in [1.165, 1.54) is 0 Å². The van der Waals surface area contributed by atoms with Crippen molar-refractivity contribution in [2.75, 3.05) is 19.3 Å². The van der Waals surface area contributed by atoms with E-state index >= 15 is 0 Å². The Balaban J connectivity index is 2.75. The van der Waals surface area contributed by atoms with Gasteiger partial charge in [0.15, 0.2) is 0 Å². The first kappa shape index (κ1) is 12.8. The number of hydrogen-bond acceptors (Lipinski definition) is 4. The summed E-state index contributed by atoms with van der Waals surface area (Å²) >= 11 is 0. The van der Waals surface area contributed by atoms with Gasteiger partial charge in [-0.2, -0.15) is 0 Å². The molecule has 7 nitrogen and oxygen atoms in total. The maximum Gasteiger partial charge on any atom is 0.341 e. The number of sulfonamides is 1.